The van der Waals surface area contributed by atoms with E-state index in [-0.39, 0.29) is 10.9 Å². The van der Waals surface area contributed by atoms with Gasteiger partial charge in [0.1, 0.15) is 11.6 Å². The monoisotopic (exact) mass is 279 g/mol. The first kappa shape index (κ1) is 14.0. The van der Waals surface area contributed by atoms with E-state index >= 15 is 0 Å². The van der Waals surface area contributed by atoms with Crippen LogP contribution in [0.4, 0.5) is 8.78 Å². The van der Waals surface area contributed by atoms with Crippen molar-refractivity contribution in [3.8, 4) is 0 Å². The standard InChI is InChI=1S/C15H15F2NS/c1-2-14(18)10-3-6-12(7-4-10)19-15-9-11(16)5-8-13(15)17/h3-9,14H,2,18H2,1H3/t14-/m1/s1. The van der Waals surface area contributed by atoms with Crippen molar-refractivity contribution in [2.75, 3.05) is 0 Å². The zero-order chi connectivity index (χ0) is 13.8. The first-order chi connectivity index (χ1) is 9.10. The van der Waals surface area contributed by atoms with Crippen LogP contribution in [0.2, 0.25) is 0 Å². The summed E-state index contributed by atoms with van der Waals surface area (Å²) in [4.78, 5) is 1.14. The summed E-state index contributed by atoms with van der Waals surface area (Å²) in [5, 5.41) is 0. The van der Waals surface area contributed by atoms with Crippen LogP contribution in [-0.2, 0) is 0 Å². The van der Waals surface area contributed by atoms with Crippen LogP contribution in [-0.4, -0.2) is 0 Å². The van der Waals surface area contributed by atoms with Gasteiger partial charge < -0.3 is 5.73 Å². The maximum absolute atomic E-state index is 13.5. The van der Waals surface area contributed by atoms with Gasteiger partial charge in [-0.25, -0.2) is 8.78 Å². The molecule has 1 atom stereocenters. The van der Waals surface area contributed by atoms with E-state index < -0.39 is 11.6 Å². The molecule has 0 radical (unpaired) electrons. The fourth-order valence-corrected chi connectivity index (χ4v) is 2.56. The lowest BCUT2D eigenvalue weighted by atomic mass is 10.1. The Balaban J connectivity index is 2.17. The van der Waals surface area contributed by atoms with Crippen molar-refractivity contribution in [1.82, 2.24) is 0 Å². The second kappa shape index (κ2) is 6.17. The van der Waals surface area contributed by atoms with Crippen LogP contribution >= 0.6 is 11.8 Å². The summed E-state index contributed by atoms with van der Waals surface area (Å²) in [5.74, 6) is -0.853. The van der Waals surface area contributed by atoms with Crippen LogP contribution in [0.1, 0.15) is 24.9 Å². The highest BCUT2D eigenvalue weighted by Gasteiger charge is 2.07. The van der Waals surface area contributed by atoms with Crippen LogP contribution in [0.3, 0.4) is 0 Å². The lowest BCUT2D eigenvalue weighted by Gasteiger charge is -2.10. The van der Waals surface area contributed by atoms with Crippen molar-refractivity contribution in [3.63, 3.8) is 0 Å². The Bertz CT molecular complexity index is 555. The fraction of sp³-hybridized carbons (Fsp3) is 0.200. The van der Waals surface area contributed by atoms with Gasteiger partial charge in [0, 0.05) is 10.9 Å². The maximum Gasteiger partial charge on any atom is 0.137 e. The lowest BCUT2D eigenvalue weighted by molar-refractivity contribution is 0.577. The van der Waals surface area contributed by atoms with Crippen molar-refractivity contribution in [2.45, 2.75) is 29.2 Å². The first-order valence-corrected chi connectivity index (χ1v) is 6.90. The summed E-state index contributed by atoms with van der Waals surface area (Å²) in [7, 11) is 0. The molecular weight excluding hydrogens is 264 g/mol. The molecule has 0 bridgehead atoms. The van der Waals surface area contributed by atoms with E-state index in [0.717, 1.165) is 29.0 Å². The largest absolute Gasteiger partial charge is 0.324 e. The maximum atomic E-state index is 13.5. The molecule has 19 heavy (non-hydrogen) atoms. The second-order valence-corrected chi connectivity index (χ2v) is 5.38. The van der Waals surface area contributed by atoms with Gasteiger partial charge in [-0.05, 0) is 42.3 Å². The van der Waals surface area contributed by atoms with E-state index in [1.54, 1.807) is 0 Å². The quantitative estimate of drug-likeness (QED) is 0.890. The van der Waals surface area contributed by atoms with Crippen molar-refractivity contribution in [1.29, 1.82) is 0 Å². The molecule has 2 rings (SSSR count). The highest BCUT2D eigenvalue weighted by Crippen LogP contribution is 2.31. The smallest absolute Gasteiger partial charge is 0.137 e. The Morgan fingerprint density at radius 3 is 2.42 bits per heavy atom. The van der Waals surface area contributed by atoms with Gasteiger partial charge in [-0.2, -0.15) is 0 Å². The van der Waals surface area contributed by atoms with E-state index in [2.05, 4.69) is 0 Å². The Morgan fingerprint density at radius 1 is 1.11 bits per heavy atom. The molecule has 0 aliphatic heterocycles. The molecule has 0 aliphatic carbocycles. The molecule has 0 heterocycles. The van der Waals surface area contributed by atoms with Crippen molar-refractivity contribution >= 4 is 11.8 Å². The fourth-order valence-electron chi connectivity index (χ4n) is 1.70. The normalized spacial score (nSPS) is 12.4. The number of hydrogen-bond donors (Lipinski definition) is 1. The predicted octanol–water partition coefficient (Wildman–Crippen LogP) is 4.53. The predicted molar refractivity (Wildman–Crippen MR) is 74.1 cm³/mol. The molecule has 1 nitrogen and oxygen atoms in total. The average Bonchev–Trinajstić information content (AvgIpc) is 2.43. The van der Waals surface area contributed by atoms with Crippen LogP contribution in [0.5, 0.6) is 0 Å². The number of nitrogens with two attached hydrogens (primary N) is 1. The van der Waals surface area contributed by atoms with Crippen LogP contribution < -0.4 is 5.73 Å². The molecule has 0 saturated carbocycles. The Hall–Kier alpha value is -1.39. The minimum atomic E-state index is -0.437. The van der Waals surface area contributed by atoms with Gasteiger partial charge in [-0.3, -0.25) is 0 Å². The summed E-state index contributed by atoms with van der Waals surface area (Å²) >= 11 is 1.20. The van der Waals surface area contributed by atoms with Gasteiger partial charge in [0.05, 0.1) is 4.90 Å². The molecule has 0 amide bonds. The van der Waals surface area contributed by atoms with E-state index in [4.69, 9.17) is 5.73 Å². The molecule has 2 N–H and O–H groups in total. The van der Waals surface area contributed by atoms with Gasteiger partial charge in [-0.1, -0.05) is 30.8 Å². The molecular formula is C15H15F2NS. The number of hydrogen-bond acceptors (Lipinski definition) is 2. The van der Waals surface area contributed by atoms with Crippen LogP contribution in [0.25, 0.3) is 0 Å². The van der Waals surface area contributed by atoms with Gasteiger partial charge >= 0.3 is 0 Å². The average molecular weight is 279 g/mol. The van der Waals surface area contributed by atoms with E-state index in [1.807, 2.05) is 31.2 Å². The van der Waals surface area contributed by atoms with Gasteiger partial charge in [-0.15, -0.1) is 0 Å². The Labute approximate surface area is 115 Å². The topological polar surface area (TPSA) is 26.0 Å². The third-order valence-corrected chi connectivity index (χ3v) is 3.91. The molecule has 0 aromatic heterocycles. The highest BCUT2D eigenvalue weighted by atomic mass is 32.2. The molecule has 0 spiro atoms. The van der Waals surface area contributed by atoms with E-state index in [1.165, 1.54) is 17.8 Å². The molecule has 4 heteroatoms. The Kier molecular flexibility index (Phi) is 4.56. The van der Waals surface area contributed by atoms with Crippen molar-refractivity contribution < 1.29 is 8.78 Å². The van der Waals surface area contributed by atoms with Gasteiger partial charge in [0.15, 0.2) is 0 Å². The zero-order valence-corrected chi connectivity index (χ0v) is 11.4. The van der Waals surface area contributed by atoms with Crippen LogP contribution in [0, 0.1) is 11.6 Å². The summed E-state index contributed by atoms with van der Waals surface area (Å²) in [6.45, 7) is 2.02. The third-order valence-electron chi connectivity index (χ3n) is 2.87. The lowest BCUT2D eigenvalue weighted by Crippen LogP contribution is -2.07. The number of benzene rings is 2. The molecule has 0 unspecified atom stereocenters. The molecule has 0 fully saturated rings. The van der Waals surface area contributed by atoms with E-state index in [0.29, 0.717) is 0 Å². The van der Waals surface area contributed by atoms with Gasteiger partial charge in [0.2, 0.25) is 0 Å². The molecule has 2 aromatic carbocycles. The molecule has 100 valence electrons. The summed E-state index contributed by atoms with van der Waals surface area (Å²) in [5.41, 5.74) is 6.97. The molecule has 0 saturated heterocycles. The number of halogens is 2. The minimum absolute atomic E-state index is 0.0185. The summed E-state index contributed by atoms with van der Waals surface area (Å²) in [6, 6.07) is 11.1. The zero-order valence-electron chi connectivity index (χ0n) is 10.6. The molecule has 0 aliphatic rings. The van der Waals surface area contributed by atoms with Crippen molar-refractivity contribution in [2.24, 2.45) is 5.73 Å². The van der Waals surface area contributed by atoms with Crippen LogP contribution in [0.15, 0.2) is 52.3 Å². The molecule has 2 aromatic rings. The SMILES string of the molecule is CC[C@@H](N)c1ccc(Sc2cc(F)ccc2F)cc1. The summed E-state index contributed by atoms with van der Waals surface area (Å²) < 4.78 is 26.6. The van der Waals surface area contributed by atoms with E-state index in [9.17, 15) is 8.78 Å². The minimum Gasteiger partial charge on any atom is -0.324 e. The Morgan fingerprint density at radius 2 is 1.79 bits per heavy atom. The second-order valence-electron chi connectivity index (χ2n) is 4.26. The van der Waals surface area contributed by atoms with Crippen molar-refractivity contribution in [3.05, 3.63) is 59.7 Å². The summed E-state index contributed by atoms with van der Waals surface area (Å²) in [6.07, 6.45) is 0.866. The third kappa shape index (κ3) is 3.55. The van der Waals surface area contributed by atoms with Gasteiger partial charge in [0.25, 0.3) is 0 Å². The first-order valence-electron chi connectivity index (χ1n) is 6.08. The number of rotatable bonds is 4. The highest BCUT2D eigenvalue weighted by molar-refractivity contribution is 7.99.